The molecule has 0 unspecified atom stereocenters. The highest BCUT2D eigenvalue weighted by molar-refractivity contribution is 5.93. The fourth-order valence-electron chi connectivity index (χ4n) is 1.92. The Morgan fingerprint density at radius 2 is 2.00 bits per heavy atom. The summed E-state index contributed by atoms with van der Waals surface area (Å²) >= 11 is 0. The molecule has 1 heterocycles. The Balaban J connectivity index is 2.28. The van der Waals surface area contributed by atoms with Crippen molar-refractivity contribution in [2.24, 2.45) is 0 Å². The second-order valence-corrected chi connectivity index (χ2v) is 4.83. The highest BCUT2D eigenvalue weighted by Gasteiger charge is 2.33. The van der Waals surface area contributed by atoms with Crippen LogP contribution in [-0.4, -0.2) is 11.8 Å². The predicted octanol–water partition coefficient (Wildman–Crippen LogP) is 3.31. The molecule has 0 atom stereocenters. The fourth-order valence-corrected chi connectivity index (χ4v) is 1.92. The van der Waals surface area contributed by atoms with Gasteiger partial charge >= 0.3 is 5.97 Å². The molecule has 0 bridgehead atoms. The van der Waals surface area contributed by atoms with Gasteiger partial charge in [-0.3, -0.25) is 0 Å². The first-order valence-electron chi connectivity index (χ1n) is 6.07. The van der Waals surface area contributed by atoms with Gasteiger partial charge in [0, 0.05) is 13.8 Å². The van der Waals surface area contributed by atoms with E-state index in [9.17, 15) is 4.79 Å². The predicted molar refractivity (Wildman–Crippen MR) is 65.2 cm³/mol. The van der Waals surface area contributed by atoms with Gasteiger partial charge in [-0.25, -0.2) is 4.79 Å². The number of rotatable bonds is 3. The van der Waals surface area contributed by atoms with Crippen LogP contribution >= 0.6 is 0 Å². The summed E-state index contributed by atoms with van der Waals surface area (Å²) in [6.07, 6.45) is 3.32. The molecular formula is C14H18O3. The van der Waals surface area contributed by atoms with Gasteiger partial charge in [-0.05, 0) is 30.5 Å². The Bertz CT molecular complexity index is 435. The lowest BCUT2D eigenvalue weighted by atomic mass is 10.0. The zero-order valence-electron chi connectivity index (χ0n) is 10.6. The van der Waals surface area contributed by atoms with Crippen molar-refractivity contribution in [1.82, 2.24) is 0 Å². The van der Waals surface area contributed by atoms with Crippen molar-refractivity contribution in [2.75, 3.05) is 0 Å². The lowest BCUT2D eigenvalue weighted by Crippen LogP contribution is -2.38. The number of unbranched alkanes of at least 4 members (excludes halogenated alkanes) is 1. The number of fused-ring (bicyclic) bond motifs is 1. The molecule has 1 aromatic carbocycles. The molecule has 2 rings (SSSR count). The van der Waals surface area contributed by atoms with Crippen molar-refractivity contribution in [3.05, 3.63) is 29.3 Å². The third-order valence-corrected chi connectivity index (χ3v) is 2.78. The summed E-state index contributed by atoms with van der Waals surface area (Å²) in [6, 6.07) is 5.71. The number of ether oxygens (including phenoxy) is 2. The molecule has 1 aliphatic heterocycles. The van der Waals surface area contributed by atoms with Crippen LogP contribution in [0, 0.1) is 0 Å². The second-order valence-electron chi connectivity index (χ2n) is 4.83. The minimum absolute atomic E-state index is 0.307. The zero-order chi connectivity index (χ0) is 12.5. The van der Waals surface area contributed by atoms with Crippen LogP contribution < -0.4 is 4.74 Å². The monoisotopic (exact) mass is 234 g/mol. The van der Waals surface area contributed by atoms with Crippen molar-refractivity contribution >= 4 is 5.97 Å². The third-order valence-electron chi connectivity index (χ3n) is 2.78. The molecule has 0 saturated heterocycles. The van der Waals surface area contributed by atoms with Gasteiger partial charge in [-0.2, -0.15) is 0 Å². The van der Waals surface area contributed by atoms with E-state index in [1.165, 1.54) is 5.56 Å². The lowest BCUT2D eigenvalue weighted by molar-refractivity contribution is -0.127. The Morgan fingerprint density at radius 3 is 2.71 bits per heavy atom. The van der Waals surface area contributed by atoms with Crippen LogP contribution in [0.15, 0.2) is 18.2 Å². The van der Waals surface area contributed by atoms with E-state index in [0.717, 1.165) is 19.3 Å². The van der Waals surface area contributed by atoms with E-state index >= 15 is 0 Å². The van der Waals surface area contributed by atoms with Crippen LogP contribution in [0.3, 0.4) is 0 Å². The van der Waals surface area contributed by atoms with Crippen molar-refractivity contribution in [1.29, 1.82) is 0 Å². The van der Waals surface area contributed by atoms with E-state index in [4.69, 9.17) is 9.47 Å². The fraction of sp³-hybridized carbons (Fsp3) is 0.500. The summed E-state index contributed by atoms with van der Waals surface area (Å²) in [6.45, 7) is 5.65. The van der Waals surface area contributed by atoms with E-state index in [0.29, 0.717) is 11.3 Å². The van der Waals surface area contributed by atoms with Gasteiger partial charge in [-0.15, -0.1) is 0 Å². The van der Waals surface area contributed by atoms with Gasteiger partial charge in [0.05, 0.1) is 0 Å². The van der Waals surface area contributed by atoms with Gasteiger partial charge in [0.25, 0.3) is 0 Å². The van der Waals surface area contributed by atoms with Gasteiger partial charge in [0.2, 0.25) is 5.79 Å². The summed E-state index contributed by atoms with van der Waals surface area (Å²) in [5.74, 6) is -0.536. The second kappa shape index (κ2) is 4.40. The lowest BCUT2D eigenvalue weighted by Gasteiger charge is -2.31. The van der Waals surface area contributed by atoms with Crippen molar-refractivity contribution in [2.45, 2.75) is 45.8 Å². The van der Waals surface area contributed by atoms with E-state index < -0.39 is 5.79 Å². The van der Waals surface area contributed by atoms with Crippen molar-refractivity contribution < 1.29 is 14.3 Å². The molecule has 1 aromatic rings. The van der Waals surface area contributed by atoms with Crippen LogP contribution in [-0.2, 0) is 11.2 Å². The molecule has 1 aliphatic rings. The maximum atomic E-state index is 11.7. The first-order valence-corrected chi connectivity index (χ1v) is 6.07. The van der Waals surface area contributed by atoms with Crippen molar-refractivity contribution in [3.8, 4) is 5.75 Å². The molecule has 0 fully saturated rings. The normalized spacial score (nSPS) is 17.0. The standard InChI is InChI=1S/C14H18O3/c1-4-5-6-10-7-8-11-12(9-10)16-14(2,3)17-13(11)15/h7-9H,4-6H2,1-3H3. The van der Waals surface area contributed by atoms with E-state index in [1.807, 2.05) is 12.1 Å². The van der Waals surface area contributed by atoms with Gasteiger partial charge in [0.15, 0.2) is 0 Å². The average molecular weight is 234 g/mol. The van der Waals surface area contributed by atoms with Crippen LogP contribution in [0.25, 0.3) is 0 Å². The Labute approximate surface area is 102 Å². The molecule has 0 amide bonds. The highest BCUT2D eigenvalue weighted by atomic mass is 16.7. The van der Waals surface area contributed by atoms with Crippen LogP contribution in [0.2, 0.25) is 0 Å². The zero-order valence-corrected chi connectivity index (χ0v) is 10.6. The Morgan fingerprint density at radius 1 is 1.24 bits per heavy atom. The third kappa shape index (κ3) is 2.60. The Kier molecular flexibility index (Phi) is 3.09. The SMILES string of the molecule is CCCCc1ccc2c(c1)OC(C)(C)OC2=O. The molecule has 0 N–H and O–H groups in total. The summed E-state index contributed by atoms with van der Waals surface area (Å²) in [5, 5.41) is 0. The molecule has 17 heavy (non-hydrogen) atoms. The van der Waals surface area contributed by atoms with Crippen LogP contribution in [0.1, 0.15) is 49.5 Å². The molecule has 0 aromatic heterocycles. The van der Waals surface area contributed by atoms with Gasteiger partial charge in [-0.1, -0.05) is 19.4 Å². The van der Waals surface area contributed by atoms with E-state index in [2.05, 4.69) is 6.92 Å². The molecule has 0 spiro atoms. The topological polar surface area (TPSA) is 35.5 Å². The molecule has 0 aliphatic carbocycles. The number of hydrogen-bond acceptors (Lipinski definition) is 3. The number of hydrogen-bond donors (Lipinski definition) is 0. The molecular weight excluding hydrogens is 216 g/mol. The summed E-state index contributed by atoms with van der Waals surface area (Å²) in [5.41, 5.74) is 1.72. The molecule has 3 heteroatoms. The van der Waals surface area contributed by atoms with Gasteiger partial charge in [0.1, 0.15) is 11.3 Å². The summed E-state index contributed by atoms with van der Waals surface area (Å²) in [4.78, 5) is 11.7. The summed E-state index contributed by atoms with van der Waals surface area (Å²) in [7, 11) is 0. The largest absolute Gasteiger partial charge is 0.452 e. The van der Waals surface area contributed by atoms with Crippen LogP contribution in [0.5, 0.6) is 5.75 Å². The molecule has 0 saturated carbocycles. The highest BCUT2D eigenvalue weighted by Crippen LogP contribution is 2.32. The van der Waals surface area contributed by atoms with Gasteiger partial charge < -0.3 is 9.47 Å². The first-order chi connectivity index (χ1) is 8.02. The first kappa shape index (κ1) is 12.0. The van der Waals surface area contributed by atoms with Crippen LogP contribution in [0.4, 0.5) is 0 Å². The number of aryl methyl sites for hydroxylation is 1. The molecule has 92 valence electrons. The Hall–Kier alpha value is -1.51. The maximum absolute atomic E-state index is 11.7. The van der Waals surface area contributed by atoms with Crippen molar-refractivity contribution in [3.63, 3.8) is 0 Å². The number of carbonyl (C=O) groups excluding carboxylic acids is 1. The number of carbonyl (C=O) groups is 1. The quantitative estimate of drug-likeness (QED) is 0.753. The smallest absolute Gasteiger partial charge is 0.345 e. The van der Waals surface area contributed by atoms with E-state index in [1.54, 1.807) is 19.9 Å². The number of cyclic esters (lactones) is 1. The molecule has 0 radical (unpaired) electrons. The summed E-state index contributed by atoms with van der Waals surface area (Å²) < 4.78 is 10.8. The minimum atomic E-state index is -0.868. The average Bonchev–Trinajstić information content (AvgIpc) is 2.24. The number of esters is 1. The molecule has 3 nitrogen and oxygen atoms in total. The number of benzene rings is 1. The minimum Gasteiger partial charge on any atom is -0.452 e. The maximum Gasteiger partial charge on any atom is 0.345 e. The van der Waals surface area contributed by atoms with E-state index in [-0.39, 0.29) is 5.97 Å².